The Morgan fingerprint density at radius 2 is 1.43 bits per heavy atom. The highest BCUT2D eigenvalue weighted by Gasteiger charge is 2.49. The molecule has 202 valence electrons. The molecule has 0 amide bonds. The Balaban J connectivity index is 1.44. The molecule has 0 N–H and O–H groups in total. The van der Waals surface area contributed by atoms with E-state index in [9.17, 15) is 4.79 Å². The second-order valence-electron chi connectivity index (χ2n) is 11.7. The van der Waals surface area contributed by atoms with Gasteiger partial charge in [0, 0.05) is 12.8 Å². The summed E-state index contributed by atoms with van der Waals surface area (Å²) in [5.41, 5.74) is 2.22. The summed E-state index contributed by atoms with van der Waals surface area (Å²) in [5, 5.41) is 0.0366. The molecule has 2 aliphatic heterocycles. The van der Waals surface area contributed by atoms with E-state index >= 15 is 0 Å². The number of aldehydes is 1. The lowest BCUT2D eigenvalue weighted by atomic mass is 9.90. The fourth-order valence-corrected chi connectivity index (χ4v) is 6.03. The summed E-state index contributed by atoms with van der Waals surface area (Å²) in [4.78, 5) is 12.0. The summed E-state index contributed by atoms with van der Waals surface area (Å²) < 4.78 is 32.0. The van der Waals surface area contributed by atoms with Gasteiger partial charge in [-0.05, 0) is 29.3 Å². The molecular weight excluding hydrogens is 484 g/mol. The molecule has 0 radical (unpaired) electrons. The molecule has 6 nitrogen and oxygen atoms in total. The topological polar surface area (TPSA) is 63.2 Å². The largest absolute Gasteiger partial charge is 0.411 e. The maximum atomic E-state index is 12.0. The van der Waals surface area contributed by atoms with Gasteiger partial charge >= 0.3 is 0 Å². The van der Waals surface area contributed by atoms with Gasteiger partial charge in [-0.15, -0.1) is 0 Å². The SMILES string of the molecule is CC(C)(C)[Si](C)(C)O[C@@H]1C[C@@H]2O[C@H](COCc3ccccc3)[C@@H](OCc3ccccc3)C[C@H]2O[C@H]1C=O. The minimum Gasteiger partial charge on any atom is -0.411 e. The molecule has 2 aromatic rings. The fourth-order valence-electron chi connectivity index (χ4n) is 4.69. The van der Waals surface area contributed by atoms with Crippen molar-refractivity contribution >= 4 is 14.6 Å². The molecule has 0 spiro atoms. The first-order valence-electron chi connectivity index (χ1n) is 13.4. The molecule has 4 rings (SSSR count). The second kappa shape index (κ2) is 12.3. The first-order chi connectivity index (χ1) is 17.7. The summed E-state index contributed by atoms with van der Waals surface area (Å²) in [6, 6.07) is 20.2. The van der Waals surface area contributed by atoms with Gasteiger partial charge in [-0.1, -0.05) is 81.4 Å². The van der Waals surface area contributed by atoms with Gasteiger partial charge in [0.2, 0.25) is 0 Å². The second-order valence-corrected chi connectivity index (χ2v) is 16.5. The summed E-state index contributed by atoms with van der Waals surface area (Å²) in [7, 11) is -2.09. The van der Waals surface area contributed by atoms with Crippen LogP contribution in [0.4, 0.5) is 0 Å². The lowest BCUT2D eigenvalue weighted by Crippen LogP contribution is -2.59. The van der Waals surface area contributed by atoms with Crippen molar-refractivity contribution in [2.45, 2.75) is 102 Å². The number of fused-ring (bicyclic) bond motifs is 1. The van der Waals surface area contributed by atoms with Crippen molar-refractivity contribution < 1.29 is 28.2 Å². The number of carbonyl (C=O) groups excluding carboxylic acids is 1. The van der Waals surface area contributed by atoms with Crippen molar-refractivity contribution in [1.29, 1.82) is 0 Å². The first-order valence-corrected chi connectivity index (χ1v) is 16.3. The maximum Gasteiger partial charge on any atom is 0.192 e. The van der Waals surface area contributed by atoms with Crippen molar-refractivity contribution in [3.05, 3.63) is 71.8 Å². The van der Waals surface area contributed by atoms with Crippen LogP contribution in [0.15, 0.2) is 60.7 Å². The van der Waals surface area contributed by atoms with Gasteiger partial charge in [0.1, 0.15) is 12.2 Å². The van der Waals surface area contributed by atoms with Gasteiger partial charge in [-0.2, -0.15) is 0 Å². The molecule has 6 atom stereocenters. The number of hydrogen-bond donors (Lipinski definition) is 0. The Hall–Kier alpha value is -1.87. The molecule has 0 aliphatic carbocycles. The van der Waals surface area contributed by atoms with E-state index in [0.717, 1.165) is 17.4 Å². The molecule has 2 saturated heterocycles. The summed E-state index contributed by atoms with van der Waals surface area (Å²) >= 11 is 0. The zero-order chi connectivity index (χ0) is 26.5. The average Bonchev–Trinajstić information content (AvgIpc) is 2.87. The molecule has 0 bridgehead atoms. The summed E-state index contributed by atoms with van der Waals surface area (Å²) in [6.45, 7) is 12.4. The highest BCUT2D eigenvalue weighted by atomic mass is 28.4. The number of ether oxygens (including phenoxy) is 4. The maximum absolute atomic E-state index is 12.0. The van der Waals surface area contributed by atoms with Crippen molar-refractivity contribution in [2.24, 2.45) is 0 Å². The van der Waals surface area contributed by atoms with Gasteiger partial charge in [-0.3, -0.25) is 0 Å². The van der Waals surface area contributed by atoms with E-state index < -0.39 is 14.4 Å². The molecule has 0 unspecified atom stereocenters. The lowest BCUT2D eigenvalue weighted by Gasteiger charge is -2.49. The first kappa shape index (κ1) is 28.1. The third-order valence-corrected chi connectivity index (χ3v) is 12.4. The summed E-state index contributed by atoms with van der Waals surface area (Å²) in [5.74, 6) is 0. The predicted octanol–water partition coefficient (Wildman–Crippen LogP) is 5.69. The molecule has 2 heterocycles. The van der Waals surface area contributed by atoms with Gasteiger partial charge in [0.05, 0.1) is 44.2 Å². The van der Waals surface area contributed by atoms with Crippen LogP contribution in [0, 0.1) is 0 Å². The summed E-state index contributed by atoms with van der Waals surface area (Å²) in [6.07, 6.45) is 0.416. The van der Waals surface area contributed by atoms with Gasteiger partial charge in [0.15, 0.2) is 14.6 Å². The quantitative estimate of drug-likeness (QED) is 0.293. The Morgan fingerprint density at radius 3 is 2.03 bits per heavy atom. The average molecular weight is 527 g/mol. The Kier molecular flexibility index (Phi) is 9.37. The molecular formula is C30H42O6Si. The van der Waals surface area contributed by atoms with Crippen LogP contribution < -0.4 is 0 Å². The minimum atomic E-state index is -2.09. The zero-order valence-electron chi connectivity index (χ0n) is 22.8. The lowest BCUT2D eigenvalue weighted by molar-refractivity contribution is -0.251. The van der Waals surface area contributed by atoms with Crippen LogP contribution in [-0.4, -0.2) is 57.8 Å². The Morgan fingerprint density at radius 1 is 0.865 bits per heavy atom. The third-order valence-electron chi connectivity index (χ3n) is 7.89. The number of benzene rings is 2. The van der Waals surface area contributed by atoms with Gasteiger partial charge in [-0.25, -0.2) is 0 Å². The minimum absolute atomic E-state index is 0.0366. The Labute approximate surface area is 222 Å². The predicted molar refractivity (Wildman–Crippen MR) is 146 cm³/mol. The molecule has 2 aromatic carbocycles. The molecule has 37 heavy (non-hydrogen) atoms. The van der Waals surface area contributed by atoms with E-state index in [0.29, 0.717) is 32.7 Å². The molecule has 0 saturated carbocycles. The number of hydrogen-bond acceptors (Lipinski definition) is 6. The van der Waals surface area contributed by atoms with E-state index in [1.807, 2.05) is 36.4 Å². The standard InChI is InChI=1S/C30H42O6Si/c1-30(2,3)37(4,5)36-27-17-26-25(34-28(27)18-31)16-24(33-20-23-14-10-7-11-15-23)29(35-26)21-32-19-22-12-8-6-9-13-22/h6-15,18,24-29H,16-17,19-21H2,1-5H3/t24-,25+,26-,27+,28-,29+/m0/s1. The highest BCUT2D eigenvalue weighted by Crippen LogP contribution is 2.41. The van der Waals surface area contributed by atoms with Crippen molar-refractivity contribution in [1.82, 2.24) is 0 Å². The monoisotopic (exact) mass is 526 g/mol. The van der Waals surface area contributed by atoms with Crippen LogP contribution in [0.5, 0.6) is 0 Å². The van der Waals surface area contributed by atoms with Crippen molar-refractivity contribution in [2.75, 3.05) is 6.61 Å². The molecule has 7 heteroatoms. The number of rotatable bonds is 10. The highest BCUT2D eigenvalue weighted by molar-refractivity contribution is 6.74. The molecule has 0 aromatic heterocycles. The normalized spacial score (nSPS) is 28.5. The zero-order valence-corrected chi connectivity index (χ0v) is 23.8. The van der Waals surface area contributed by atoms with E-state index in [1.165, 1.54) is 0 Å². The van der Waals surface area contributed by atoms with Crippen molar-refractivity contribution in [3.63, 3.8) is 0 Å². The molecule has 2 aliphatic rings. The third kappa shape index (κ3) is 7.37. The van der Waals surface area contributed by atoms with Crippen LogP contribution in [-0.2, 0) is 41.4 Å². The fraction of sp³-hybridized carbons (Fsp3) is 0.567. The van der Waals surface area contributed by atoms with Crippen LogP contribution >= 0.6 is 0 Å². The van der Waals surface area contributed by atoms with Gasteiger partial charge < -0.3 is 28.2 Å². The van der Waals surface area contributed by atoms with E-state index in [2.05, 4.69) is 58.1 Å². The Bertz CT molecular complexity index is 977. The van der Waals surface area contributed by atoms with Crippen molar-refractivity contribution in [3.8, 4) is 0 Å². The molecule has 2 fully saturated rings. The van der Waals surface area contributed by atoms with Crippen LogP contribution in [0.3, 0.4) is 0 Å². The van der Waals surface area contributed by atoms with E-state index in [1.54, 1.807) is 0 Å². The van der Waals surface area contributed by atoms with Crippen LogP contribution in [0.2, 0.25) is 18.1 Å². The van der Waals surface area contributed by atoms with E-state index in [4.69, 9.17) is 23.4 Å². The smallest absolute Gasteiger partial charge is 0.192 e. The van der Waals surface area contributed by atoms with Gasteiger partial charge in [0.25, 0.3) is 0 Å². The van der Waals surface area contributed by atoms with Crippen LogP contribution in [0.1, 0.15) is 44.7 Å². The van der Waals surface area contributed by atoms with E-state index in [-0.39, 0.29) is 35.6 Å². The number of carbonyl (C=O) groups is 1. The van der Waals surface area contributed by atoms with Crippen LogP contribution in [0.25, 0.3) is 0 Å².